The van der Waals surface area contributed by atoms with Gasteiger partial charge in [-0.2, -0.15) is 11.8 Å². The van der Waals surface area contributed by atoms with Gasteiger partial charge in [0.15, 0.2) is 0 Å². The molecule has 148 valence electrons. The summed E-state index contributed by atoms with van der Waals surface area (Å²) in [5.74, 6) is 3.34. The Balaban J connectivity index is 1.32. The van der Waals surface area contributed by atoms with E-state index in [9.17, 15) is 4.79 Å². The molecule has 0 unspecified atom stereocenters. The van der Waals surface area contributed by atoms with Gasteiger partial charge in [-0.25, -0.2) is 9.97 Å². The highest BCUT2D eigenvalue weighted by atomic mass is 32.2. The van der Waals surface area contributed by atoms with Gasteiger partial charge in [0.25, 0.3) is 5.91 Å². The number of aromatic nitrogens is 2. The minimum absolute atomic E-state index is 0.0279. The van der Waals surface area contributed by atoms with E-state index in [0.717, 1.165) is 36.5 Å². The SMILES string of the molecule is Cc1cccc(OC2CCN(C(=O)c3ccnc(O[C@H]4CCSC4)c3)CC2)n1. The fourth-order valence-electron chi connectivity index (χ4n) is 3.50. The molecule has 0 radical (unpaired) electrons. The minimum atomic E-state index is 0.0279. The average Bonchev–Trinajstić information content (AvgIpc) is 3.21. The predicted molar refractivity (Wildman–Crippen MR) is 109 cm³/mol. The highest BCUT2D eigenvalue weighted by Gasteiger charge is 2.26. The number of nitrogens with zero attached hydrogens (tertiary/aromatic N) is 3. The van der Waals surface area contributed by atoms with Crippen molar-refractivity contribution >= 4 is 17.7 Å². The molecule has 0 bridgehead atoms. The van der Waals surface area contributed by atoms with Crippen molar-refractivity contribution in [1.82, 2.24) is 14.9 Å². The lowest BCUT2D eigenvalue weighted by Crippen LogP contribution is -2.41. The van der Waals surface area contributed by atoms with Gasteiger partial charge in [-0.3, -0.25) is 4.79 Å². The molecule has 0 spiro atoms. The van der Waals surface area contributed by atoms with E-state index in [1.165, 1.54) is 0 Å². The Hall–Kier alpha value is -2.28. The smallest absolute Gasteiger partial charge is 0.254 e. The number of carbonyl (C=O) groups excluding carboxylic acids is 1. The van der Waals surface area contributed by atoms with Gasteiger partial charge < -0.3 is 14.4 Å². The van der Waals surface area contributed by atoms with E-state index in [1.54, 1.807) is 18.3 Å². The maximum atomic E-state index is 12.9. The number of thioether (sulfide) groups is 1. The second-order valence-corrected chi connectivity index (χ2v) is 8.36. The average molecular weight is 400 g/mol. The van der Waals surface area contributed by atoms with E-state index in [0.29, 0.717) is 30.4 Å². The maximum absolute atomic E-state index is 12.9. The first-order valence-corrected chi connectivity index (χ1v) is 10.9. The van der Waals surface area contributed by atoms with Crippen LogP contribution in [0.15, 0.2) is 36.5 Å². The molecule has 2 aromatic rings. The summed E-state index contributed by atoms with van der Waals surface area (Å²) in [7, 11) is 0. The number of carbonyl (C=O) groups is 1. The summed E-state index contributed by atoms with van der Waals surface area (Å²) < 4.78 is 11.9. The van der Waals surface area contributed by atoms with Crippen LogP contribution in [-0.4, -0.2) is 57.6 Å². The minimum Gasteiger partial charge on any atom is -0.474 e. The molecule has 0 saturated carbocycles. The van der Waals surface area contributed by atoms with E-state index in [2.05, 4.69) is 9.97 Å². The van der Waals surface area contributed by atoms with E-state index in [4.69, 9.17) is 9.47 Å². The Bertz CT molecular complexity index is 818. The lowest BCUT2D eigenvalue weighted by atomic mass is 10.1. The number of amides is 1. The molecule has 28 heavy (non-hydrogen) atoms. The third kappa shape index (κ3) is 4.76. The van der Waals surface area contributed by atoms with Gasteiger partial charge >= 0.3 is 0 Å². The zero-order valence-corrected chi connectivity index (χ0v) is 16.9. The van der Waals surface area contributed by atoms with E-state index < -0.39 is 0 Å². The van der Waals surface area contributed by atoms with Gasteiger partial charge in [0.2, 0.25) is 11.8 Å². The van der Waals surface area contributed by atoms with Gasteiger partial charge in [-0.1, -0.05) is 6.07 Å². The highest BCUT2D eigenvalue weighted by Crippen LogP contribution is 2.23. The summed E-state index contributed by atoms with van der Waals surface area (Å²) in [5.41, 5.74) is 1.58. The topological polar surface area (TPSA) is 64.5 Å². The van der Waals surface area contributed by atoms with Crippen molar-refractivity contribution in [2.45, 2.75) is 38.4 Å². The molecule has 2 aliphatic rings. The first kappa shape index (κ1) is 19.1. The Labute approximate surface area is 169 Å². The monoisotopic (exact) mass is 399 g/mol. The highest BCUT2D eigenvalue weighted by molar-refractivity contribution is 7.99. The lowest BCUT2D eigenvalue weighted by molar-refractivity contribution is 0.0587. The molecular weight excluding hydrogens is 374 g/mol. The Morgan fingerprint density at radius 3 is 2.68 bits per heavy atom. The van der Waals surface area contributed by atoms with Crippen molar-refractivity contribution in [2.75, 3.05) is 24.6 Å². The fourth-order valence-corrected chi connectivity index (χ4v) is 4.59. The number of aryl methyl sites for hydroxylation is 1. The molecule has 7 heteroatoms. The molecular formula is C21H25N3O3S. The first-order chi connectivity index (χ1) is 13.7. The van der Waals surface area contributed by atoms with Crippen LogP contribution in [0.4, 0.5) is 0 Å². The molecule has 2 saturated heterocycles. The Morgan fingerprint density at radius 1 is 1.11 bits per heavy atom. The van der Waals surface area contributed by atoms with Crippen LogP contribution in [0.1, 0.15) is 35.3 Å². The summed E-state index contributed by atoms with van der Waals surface area (Å²) >= 11 is 1.89. The Morgan fingerprint density at radius 2 is 1.93 bits per heavy atom. The van der Waals surface area contributed by atoms with Crippen LogP contribution in [0.2, 0.25) is 0 Å². The van der Waals surface area contributed by atoms with Gasteiger partial charge in [0, 0.05) is 61.3 Å². The molecule has 1 atom stereocenters. The number of hydrogen-bond donors (Lipinski definition) is 0. The molecule has 0 aliphatic carbocycles. The van der Waals surface area contributed by atoms with Crippen LogP contribution >= 0.6 is 11.8 Å². The molecule has 0 N–H and O–H groups in total. The zero-order chi connectivity index (χ0) is 19.3. The van der Waals surface area contributed by atoms with Gasteiger partial charge in [0.05, 0.1) is 0 Å². The summed E-state index contributed by atoms with van der Waals surface area (Å²) in [6.07, 6.45) is 4.59. The summed E-state index contributed by atoms with van der Waals surface area (Å²) in [6, 6.07) is 9.31. The molecule has 1 amide bonds. The molecule has 4 rings (SSSR count). The number of piperidine rings is 1. The van der Waals surface area contributed by atoms with Crippen LogP contribution in [0.5, 0.6) is 11.8 Å². The zero-order valence-electron chi connectivity index (χ0n) is 16.0. The normalized spacial score (nSPS) is 20.2. The lowest BCUT2D eigenvalue weighted by Gasteiger charge is -2.32. The third-order valence-electron chi connectivity index (χ3n) is 5.04. The van der Waals surface area contributed by atoms with Crippen molar-refractivity contribution in [2.24, 2.45) is 0 Å². The van der Waals surface area contributed by atoms with Gasteiger partial charge in [-0.05, 0) is 31.2 Å². The molecule has 2 fully saturated rings. The number of likely N-dealkylation sites (tertiary alicyclic amines) is 1. The van der Waals surface area contributed by atoms with Crippen molar-refractivity contribution in [1.29, 1.82) is 0 Å². The second-order valence-electron chi connectivity index (χ2n) is 7.21. The van der Waals surface area contributed by atoms with Crippen molar-refractivity contribution in [3.05, 3.63) is 47.8 Å². The molecule has 4 heterocycles. The number of hydrogen-bond acceptors (Lipinski definition) is 6. The standard InChI is InChI=1S/C21H25N3O3S/c1-15-3-2-4-19(23-15)26-17-6-10-24(11-7-17)21(25)16-5-9-22-20(13-16)27-18-8-12-28-14-18/h2-5,9,13,17-18H,6-8,10-12,14H2,1H3/t18-/m0/s1. The van der Waals surface area contributed by atoms with E-state index in [-0.39, 0.29) is 18.1 Å². The van der Waals surface area contributed by atoms with Gasteiger partial charge in [-0.15, -0.1) is 0 Å². The Kier molecular flexibility index (Phi) is 6.00. The van der Waals surface area contributed by atoms with Crippen LogP contribution < -0.4 is 9.47 Å². The van der Waals surface area contributed by atoms with Crippen LogP contribution in [0.3, 0.4) is 0 Å². The van der Waals surface area contributed by atoms with Crippen molar-refractivity contribution in [3.8, 4) is 11.8 Å². The van der Waals surface area contributed by atoms with Crippen molar-refractivity contribution in [3.63, 3.8) is 0 Å². The third-order valence-corrected chi connectivity index (χ3v) is 6.17. The van der Waals surface area contributed by atoms with Crippen LogP contribution in [0, 0.1) is 6.92 Å². The predicted octanol–water partition coefficient (Wildman–Crippen LogP) is 3.35. The quantitative estimate of drug-likeness (QED) is 0.768. The van der Waals surface area contributed by atoms with E-state index >= 15 is 0 Å². The van der Waals surface area contributed by atoms with Crippen LogP contribution in [0.25, 0.3) is 0 Å². The maximum Gasteiger partial charge on any atom is 0.254 e. The van der Waals surface area contributed by atoms with Crippen molar-refractivity contribution < 1.29 is 14.3 Å². The summed E-state index contributed by atoms with van der Waals surface area (Å²) in [5, 5.41) is 0. The largest absolute Gasteiger partial charge is 0.474 e. The molecule has 0 aromatic carbocycles. The summed E-state index contributed by atoms with van der Waals surface area (Å²) in [6.45, 7) is 3.30. The fraction of sp³-hybridized carbons (Fsp3) is 0.476. The number of pyridine rings is 2. The number of ether oxygens (including phenoxy) is 2. The molecule has 2 aliphatic heterocycles. The summed E-state index contributed by atoms with van der Waals surface area (Å²) in [4.78, 5) is 23.4. The number of rotatable bonds is 5. The first-order valence-electron chi connectivity index (χ1n) is 9.77. The van der Waals surface area contributed by atoms with E-state index in [1.807, 2.05) is 41.8 Å². The van der Waals surface area contributed by atoms with Gasteiger partial charge in [0.1, 0.15) is 12.2 Å². The molecule has 6 nitrogen and oxygen atoms in total. The van der Waals surface area contributed by atoms with Crippen LogP contribution in [-0.2, 0) is 0 Å². The molecule has 2 aromatic heterocycles. The second kappa shape index (κ2) is 8.82.